The molecule has 0 radical (unpaired) electrons. The Bertz CT molecular complexity index is 1540. The third kappa shape index (κ3) is 4.79. The number of ether oxygens (including phenoxy) is 2. The van der Waals surface area contributed by atoms with Gasteiger partial charge in [0.05, 0.1) is 12.1 Å². The smallest absolute Gasteiger partial charge is 0.253 e. The highest BCUT2D eigenvalue weighted by Gasteiger charge is 2.18. The van der Waals surface area contributed by atoms with Crippen molar-refractivity contribution in [3.63, 3.8) is 0 Å². The number of hydrogen-bond donors (Lipinski definition) is 2. The molecule has 0 aliphatic carbocycles. The lowest BCUT2D eigenvalue weighted by molar-refractivity contribution is 0.174. The number of aryl methyl sites for hydroxylation is 4. The van der Waals surface area contributed by atoms with Crippen molar-refractivity contribution in [1.29, 1.82) is 0 Å². The number of nitrogens with zero attached hydrogens (tertiary/aromatic N) is 1. The van der Waals surface area contributed by atoms with Gasteiger partial charge in [0, 0.05) is 17.8 Å². The molecular weight excluding hydrogens is 470 g/mol. The van der Waals surface area contributed by atoms with Crippen LogP contribution in [0.2, 0.25) is 0 Å². The molecule has 2 N–H and O–H groups in total. The molecule has 0 saturated heterocycles. The summed E-state index contributed by atoms with van der Waals surface area (Å²) in [5.41, 5.74) is 7.89. The Morgan fingerprint density at radius 1 is 0.944 bits per heavy atom. The lowest BCUT2D eigenvalue weighted by Crippen LogP contribution is -2.35. The van der Waals surface area contributed by atoms with Gasteiger partial charge in [0.2, 0.25) is 6.79 Å². The molecule has 6 nitrogen and oxygen atoms in total. The monoisotopic (exact) mass is 499 g/mol. The summed E-state index contributed by atoms with van der Waals surface area (Å²) in [5.74, 6) is 1.45. The van der Waals surface area contributed by atoms with Crippen LogP contribution in [-0.4, -0.2) is 21.8 Å². The van der Waals surface area contributed by atoms with Crippen LogP contribution in [0, 0.1) is 27.7 Å². The highest BCUT2D eigenvalue weighted by molar-refractivity contribution is 7.80. The zero-order valence-electron chi connectivity index (χ0n) is 20.9. The quantitative estimate of drug-likeness (QED) is 0.334. The van der Waals surface area contributed by atoms with Crippen molar-refractivity contribution in [2.24, 2.45) is 0 Å². The Morgan fingerprint density at radius 3 is 2.56 bits per heavy atom. The minimum absolute atomic E-state index is 0.110. The van der Waals surface area contributed by atoms with E-state index in [1.807, 2.05) is 55.1 Å². The van der Waals surface area contributed by atoms with Crippen LogP contribution >= 0.6 is 12.2 Å². The average Bonchev–Trinajstić information content (AvgIpc) is 3.32. The van der Waals surface area contributed by atoms with Crippen molar-refractivity contribution in [2.75, 3.05) is 12.1 Å². The van der Waals surface area contributed by atoms with Crippen LogP contribution in [0.3, 0.4) is 0 Å². The lowest BCUT2D eigenvalue weighted by Gasteiger charge is -2.27. The van der Waals surface area contributed by atoms with Gasteiger partial charge in [0.25, 0.3) is 5.56 Å². The summed E-state index contributed by atoms with van der Waals surface area (Å²) in [5, 5.41) is 4.94. The van der Waals surface area contributed by atoms with Gasteiger partial charge in [-0.1, -0.05) is 35.9 Å². The number of pyridine rings is 1. The largest absolute Gasteiger partial charge is 0.454 e. The van der Waals surface area contributed by atoms with Crippen LogP contribution in [0.25, 0.3) is 10.9 Å². The Morgan fingerprint density at radius 2 is 1.75 bits per heavy atom. The third-order valence-corrected chi connectivity index (χ3v) is 7.07. The van der Waals surface area contributed by atoms with Gasteiger partial charge in [-0.3, -0.25) is 4.79 Å². The normalized spacial score (nSPS) is 12.1. The number of H-pyrrole nitrogens is 1. The first-order valence-electron chi connectivity index (χ1n) is 11.9. The fourth-order valence-electron chi connectivity index (χ4n) is 4.50. The van der Waals surface area contributed by atoms with Gasteiger partial charge in [-0.15, -0.1) is 0 Å². The van der Waals surface area contributed by atoms with Crippen molar-refractivity contribution < 1.29 is 9.47 Å². The topological polar surface area (TPSA) is 66.6 Å². The first kappa shape index (κ1) is 23.9. The van der Waals surface area contributed by atoms with Crippen LogP contribution in [0.15, 0.2) is 59.4 Å². The van der Waals surface area contributed by atoms with Gasteiger partial charge in [-0.05, 0) is 91.8 Å². The zero-order valence-corrected chi connectivity index (χ0v) is 21.7. The maximum atomic E-state index is 13.1. The van der Waals surface area contributed by atoms with Crippen LogP contribution < -0.4 is 20.3 Å². The van der Waals surface area contributed by atoms with Crippen molar-refractivity contribution in [2.45, 2.75) is 40.8 Å². The fraction of sp³-hybridized carbons (Fsp3) is 0.241. The van der Waals surface area contributed by atoms with E-state index in [4.69, 9.17) is 21.7 Å². The Hall–Kier alpha value is -3.84. The standard InChI is InChI=1S/C29H29N3O3S/c1-17-5-9-24(19(3)11-17)30-29(36)32(14-21-7-10-25-26(12-21)35-16-34-25)15-23-13-22-8-6-18(2)20(4)27(22)31-28(23)33/h5-13H,14-16H2,1-4H3,(H,30,36)(H,31,33). The Kier molecular flexibility index (Phi) is 6.41. The van der Waals surface area contributed by atoms with E-state index in [1.54, 1.807) is 0 Å². The number of thiocarbonyl (C=S) groups is 1. The fourth-order valence-corrected chi connectivity index (χ4v) is 4.74. The highest BCUT2D eigenvalue weighted by atomic mass is 32.1. The molecule has 1 aliphatic heterocycles. The van der Waals surface area contributed by atoms with E-state index in [-0.39, 0.29) is 12.4 Å². The molecule has 0 bridgehead atoms. The van der Waals surface area contributed by atoms with Crippen LogP contribution in [0.5, 0.6) is 11.5 Å². The van der Waals surface area contributed by atoms with Crippen LogP contribution in [-0.2, 0) is 13.1 Å². The van der Waals surface area contributed by atoms with Gasteiger partial charge >= 0.3 is 0 Å². The number of anilines is 1. The summed E-state index contributed by atoms with van der Waals surface area (Å²) in [7, 11) is 0. The molecular formula is C29H29N3O3S. The number of fused-ring (bicyclic) bond motifs is 2. The minimum atomic E-state index is -0.110. The Balaban J connectivity index is 1.48. The molecule has 4 aromatic rings. The van der Waals surface area contributed by atoms with Gasteiger partial charge in [-0.2, -0.15) is 0 Å². The second kappa shape index (κ2) is 9.66. The van der Waals surface area contributed by atoms with Gasteiger partial charge in [-0.25, -0.2) is 0 Å². The van der Waals surface area contributed by atoms with E-state index in [9.17, 15) is 4.79 Å². The van der Waals surface area contributed by atoms with Crippen LogP contribution in [0.4, 0.5) is 5.69 Å². The van der Waals surface area contributed by atoms with Crippen molar-refractivity contribution in [3.8, 4) is 11.5 Å². The molecule has 184 valence electrons. The zero-order chi connectivity index (χ0) is 25.4. The molecule has 3 aromatic carbocycles. The molecule has 0 spiro atoms. The number of rotatable bonds is 5. The molecule has 0 fully saturated rings. The number of nitrogens with one attached hydrogen (secondary N) is 2. The number of hydrogen-bond acceptors (Lipinski definition) is 4. The molecule has 0 saturated carbocycles. The summed E-state index contributed by atoms with van der Waals surface area (Å²) in [4.78, 5) is 18.2. The van der Waals surface area contributed by atoms with E-state index < -0.39 is 0 Å². The van der Waals surface area contributed by atoms with E-state index in [1.165, 1.54) is 5.56 Å². The molecule has 0 unspecified atom stereocenters. The van der Waals surface area contributed by atoms with Gasteiger partial charge in [0.15, 0.2) is 16.6 Å². The van der Waals surface area contributed by atoms with Crippen LogP contribution in [0.1, 0.15) is 33.4 Å². The van der Waals surface area contributed by atoms with E-state index in [0.717, 1.165) is 50.3 Å². The summed E-state index contributed by atoms with van der Waals surface area (Å²) < 4.78 is 11.0. The molecule has 36 heavy (non-hydrogen) atoms. The SMILES string of the molecule is Cc1ccc(NC(=S)N(Cc2ccc3c(c2)OCO3)Cc2cc3ccc(C)c(C)c3[nH]c2=O)c(C)c1. The number of benzene rings is 3. The summed E-state index contributed by atoms with van der Waals surface area (Å²) in [6.07, 6.45) is 0. The van der Waals surface area contributed by atoms with Gasteiger partial charge < -0.3 is 24.7 Å². The molecule has 0 atom stereocenters. The maximum Gasteiger partial charge on any atom is 0.253 e. The van der Waals surface area contributed by atoms with E-state index in [2.05, 4.69) is 42.3 Å². The average molecular weight is 500 g/mol. The second-order valence-electron chi connectivity index (χ2n) is 9.39. The van der Waals surface area contributed by atoms with Crippen molar-refractivity contribution in [3.05, 3.63) is 98.3 Å². The first-order valence-corrected chi connectivity index (χ1v) is 12.3. The maximum absolute atomic E-state index is 13.1. The first-order chi connectivity index (χ1) is 17.3. The second-order valence-corrected chi connectivity index (χ2v) is 9.77. The molecule has 1 aromatic heterocycles. The predicted octanol–water partition coefficient (Wildman–Crippen LogP) is 5.89. The predicted molar refractivity (Wildman–Crippen MR) is 148 cm³/mol. The summed E-state index contributed by atoms with van der Waals surface area (Å²) in [6, 6.07) is 18.2. The van der Waals surface area contributed by atoms with Crippen molar-refractivity contribution in [1.82, 2.24) is 9.88 Å². The molecule has 1 aliphatic rings. The minimum Gasteiger partial charge on any atom is -0.454 e. The third-order valence-electron chi connectivity index (χ3n) is 6.71. The van der Waals surface area contributed by atoms with Gasteiger partial charge in [0.1, 0.15) is 0 Å². The van der Waals surface area contributed by atoms with E-state index in [0.29, 0.717) is 23.8 Å². The summed E-state index contributed by atoms with van der Waals surface area (Å²) >= 11 is 5.87. The lowest BCUT2D eigenvalue weighted by atomic mass is 10.0. The Labute approximate surface area is 215 Å². The molecule has 7 heteroatoms. The summed E-state index contributed by atoms with van der Waals surface area (Å²) in [6.45, 7) is 9.27. The molecule has 5 rings (SSSR count). The van der Waals surface area contributed by atoms with E-state index >= 15 is 0 Å². The highest BCUT2D eigenvalue weighted by Crippen LogP contribution is 2.33. The number of aromatic amines is 1. The molecule has 0 amide bonds. The molecule has 2 heterocycles. The van der Waals surface area contributed by atoms with Crippen molar-refractivity contribution >= 4 is 33.9 Å². The number of aromatic nitrogens is 1.